The molecule has 0 aliphatic rings. The van der Waals surface area contributed by atoms with Crippen LogP contribution in [0.4, 0.5) is 0 Å². The second-order valence-corrected chi connectivity index (χ2v) is 2.87. The standard InChI is InChI=1S/C10H9NO/c1-11-6-5-9-8(7-11)3-2-4-10(9)12/h2-7H,1H3. The summed E-state index contributed by atoms with van der Waals surface area (Å²) in [7, 11) is 1.94. The maximum Gasteiger partial charge on any atom is 0.176 e. The van der Waals surface area contributed by atoms with Gasteiger partial charge in [0.15, 0.2) is 12.4 Å². The van der Waals surface area contributed by atoms with E-state index in [1.807, 2.05) is 36.1 Å². The molecule has 0 N–H and O–H groups in total. The van der Waals surface area contributed by atoms with Gasteiger partial charge in [0, 0.05) is 11.5 Å². The van der Waals surface area contributed by atoms with E-state index in [2.05, 4.69) is 0 Å². The number of rotatable bonds is 0. The van der Waals surface area contributed by atoms with E-state index in [1.165, 1.54) is 0 Å². The zero-order valence-electron chi connectivity index (χ0n) is 6.82. The molecule has 0 bridgehead atoms. The highest BCUT2D eigenvalue weighted by Crippen LogP contribution is 2.19. The fourth-order valence-corrected chi connectivity index (χ4v) is 1.31. The van der Waals surface area contributed by atoms with Crippen LogP contribution in [0.3, 0.4) is 0 Å². The third kappa shape index (κ3) is 1.01. The molecular formula is C10H9NO. The molecule has 1 aromatic heterocycles. The smallest absolute Gasteiger partial charge is 0.176 e. The summed E-state index contributed by atoms with van der Waals surface area (Å²) in [4.78, 5) is 0. The Kier molecular flexibility index (Phi) is 1.47. The van der Waals surface area contributed by atoms with Gasteiger partial charge in [0.1, 0.15) is 7.05 Å². The lowest BCUT2D eigenvalue weighted by Crippen LogP contribution is -2.25. The van der Waals surface area contributed by atoms with E-state index in [4.69, 9.17) is 0 Å². The molecule has 0 atom stereocenters. The van der Waals surface area contributed by atoms with E-state index in [0.717, 1.165) is 10.8 Å². The second kappa shape index (κ2) is 2.48. The average molecular weight is 159 g/mol. The van der Waals surface area contributed by atoms with E-state index < -0.39 is 0 Å². The van der Waals surface area contributed by atoms with E-state index >= 15 is 0 Å². The molecule has 0 aliphatic carbocycles. The Hall–Kier alpha value is -1.57. The number of benzene rings is 1. The maximum absolute atomic E-state index is 11.3. The minimum Gasteiger partial charge on any atom is -0.872 e. The van der Waals surface area contributed by atoms with Gasteiger partial charge in [0.2, 0.25) is 0 Å². The van der Waals surface area contributed by atoms with Crippen LogP contribution in [0, 0.1) is 0 Å². The molecule has 2 heteroatoms. The Morgan fingerprint density at radius 3 is 2.92 bits per heavy atom. The van der Waals surface area contributed by atoms with E-state index in [0.29, 0.717) is 0 Å². The first-order valence-electron chi connectivity index (χ1n) is 3.82. The number of aryl methyl sites for hydroxylation is 1. The van der Waals surface area contributed by atoms with Crippen LogP contribution in [0.2, 0.25) is 0 Å². The van der Waals surface area contributed by atoms with E-state index in [-0.39, 0.29) is 5.75 Å². The molecule has 2 rings (SSSR count). The molecule has 2 nitrogen and oxygen atoms in total. The molecule has 0 spiro atoms. The van der Waals surface area contributed by atoms with E-state index in [9.17, 15) is 5.11 Å². The van der Waals surface area contributed by atoms with Gasteiger partial charge in [-0.25, -0.2) is 4.57 Å². The van der Waals surface area contributed by atoms with Crippen LogP contribution in [-0.4, -0.2) is 0 Å². The summed E-state index contributed by atoms with van der Waals surface area (Å²) in [5.41, 5.74) is 0. The summed E-state index contributed by atoms with van der Waals surface area (Å²) in [5.74, 6) is 0.0908. The first kappa shape index (κ1) is 7.10. The van der Waals surface area contributed by atoms with Crippen LogP contribution >= 0.6 is 0 Å². The molecule has 1 aromatic carbocycles. The molecular weight excluding hydrogens is 150 g/mol. The first-order chi connectivity index (χ1) is 5.77. The predicted molar refractivity (Wildman–Crippen MR) is 44.6 cm³/mol. The van der Waals surface area contributed by atoms with Crippen molar-refractivity contribution in [3.63, 3.8) is 0 Å². The van der Waals surface area contributed by atoms with Crippen molar-refractivity contribution in [3.05, 3.63) is 36.7 Å². The highest BCUT2D eigenvalue weighted by molar-refractivity contribution is 5.86. The molecule has 0 amide bonds. The molecule has 0 fully saturated rings. The Balaban J connectivity index is 2.86. The quantitative estimate of drug-likeness (QED) is 0.521. The van der Waals surface area contributed by atoms with Crippen molar-refractivity contribution in [1.29, 1.82) is 0 Å². The Labute approximate surface area is 70.7 Å². The fourth-order valence-electron chi connectivity index (χ4n) is 1.31. The van der Waals surface area contributed by atoms with Gasteiger partial charge in [-0.2, -0.15) is 0 Å². The summed E-state index contributed by atoms with van der Waals surface area (Å²) in [6, 6.07) is 7.15. The SMILES string of the molecule is C[n+]1ccc2c([O-])cccc2c1. The van der Waals surface area contributed by atoms with Crippen molar-refractivity contribution in [2.24, 2.45) is 7.05 Å². The number of fused-ring (bicyclic) bond motifs is 1. The van der Waals surface area contributed by atoms with Gasteiger partial charge in [-0.15, -0.1) is 5.75 Å². The Morgan fingerprint density at radius 2 is 2.08 bits per heavy atom. The fraction of sp³-hybridized carbons (Fsp3) is 0.100. The molecule has 0 saturated heterocycles. The molecule has 0 saturated carbocycles. The van der Waals surface area contributed by atoms with Gasteiger partial charge in [-0.3, -0.25) is 0 Å². The molecule has 0 radical (unpaired) electrons. The lowest BCUT2D eigenvalue weighted by molar-refractivity contribution is -0.670. The minimum absolute atomic E-state index is 0.0908. The van der Waals surface area contributed by atoms with Crippen LogP contribution in [-0.2, 0) is 7.05 Å². The van der Waals surface area contributed by atoms with Gasteiger partial charge < -0.3 is 5.11 Å². The number of aromatic nitrogens is 1. The van der Waals surface area contributed by atoms with Crippen LogP contribution in [0.5, 0.6) is 5.75 Å². The lowest BCUT2D eigenvalue weighted by Gasteiger charge is -2.07. The lowest BCUT2D eigenvalue weighted by atomic mass is 10.1. The molecule has 2 aromatic rings. The zero-order chi connectivity index (χ0) is 8.55. The van der Waals surface area contributed by atoms with Crippen molar-refractivity contribution in [2.75, 3.05) is 0 Å². The van der Waals surface area contributed by atoms with Crippen molar-refractivity contribution in [3.8, 4) is 5.75 Å². The Bertz CT molecular complexity index is 423. The highest BCUT2D eigenvalue weighted by Gasteiger charge is 1.96. The zero-order valence-corrected chi connectivity index (χ0v) is 6.82. The molecule has 0 unspecified atom stereocenters. The average Bonchev–Trinajstić information content (AvgIpc) is 2.04. The molecule has 12 heavy (non-hydrogen) atoms. The van der Waals surface area contributed by atoms with Crippen LogP contribution in [0.15, 0.2) is 36.7 Å². The van der Waals surface area contributed by atoms with Crippen molar-refractivity contribution >= 4 is 10.8 Å². The predicted octanol–water partition coefficient (Wildman–Crippen LogP) is 0.738. The van der Waals surface area contributed by atoms with Crippen LogP contribution in [0.1, 0.15) is 0 Å². The Morgan fingerprint density at radius 1 is 1.25 bits per heavy atom. The number of hydrogen-bond acceptors (Lipinski definition) is 1. The summed E-state index contributed by atoms with van der Waals surface area (Å²) in [6.07, 6.45) is 3.82. The van der Waals surface area contributed by atoms with Gasteiger partial charge in [0.25, 0.3) is 0 Å². The van der Waals surface area contributed by atoms with Gasteiger partial charge in [-0.1, -0.05) is 12.1 Å². The number of pyridine rings is 1. The van der Waals surface area contributed by atoms with Crippen LogP contribution in [0.25, 0.3) is 10.8 Å². The summed E-state index contributed by atoms with van der Waals surface area (Å²) >= 11 is 0. The maximum atomic E-state index is 11.3. The summed E-state index contributed by atoms with van der Waals surface area (Å²) in [5, 5.41) is 13.1. The normalized spacial score (nSPS) is 10.4. The minimum atomic E-state index is 0.0908. The first-order valence-corrected chi connectivity index (χ1v) is 3.82. The molecule has 0 aliphatic heterocycles. The van der Waals surface area contributed by atoms with E-state index in [1.54, 1.807) is 12.1 Å². The van der Waals surface area contributed by atoms with Crippen molar-refractivity contribution in [1.82, 2.24) is 0 Å². The third-order valence-electron chi connectivity index (χ3n) is 1.92. The second-order valence-electron chi connectivity index (χ2n) is 2.87. The molecule has 60 valence electrons. The van der Waals surface area contributed by atoms with Crippen molar-refractivity contribution in [2.45, 2.75) is 0 Å². The summed E-state index contributed by atoms with van der Waals surface area (Å²) in [6.45, 7) is 0. The number of nitrogens with zero attached hydrogens (tertiary/aromatic N) is 1. The summed E-state index contributed by atoms with van der Waals surface area (Å²) < 4.78 is 1.93. The van der Waals surface area contributed by atoms with Gasteiger partial charge >= 0.3 is 0 Å². The topological polar surface area (TPSA) is 26.9 Å². The monoisotopic (exact) mass is 159 g/mol. The number of hydrogen-bond donors (Lipinski definition) is 0. The van der Waals surface area contributed by atoms with Crippen LogP contribution < -0.4 is 9.67 Å². The highest BCUT2D eigenvalue weighted by atomic mass is 16.3. The van der Waals surface area contributed by atoms with Crippen molar-refractivity contribution < 1.29 is 9.67 Å². The van der Waals surface area contributed by atoms with Gasteiger partial charge in [0.05, 0.1) is 0 Å². The molecule has 1 heterocycles. The third-order valence-corrected chi connectivity index (χ3v) is 1.92. The van der Waals surface area contributed by atoms with Gasteiger partial charge in [-0.05, 0) is 11.5 Å². The largest absolute Gasteiger partial charge is 0.872 e.